The number of nitrogens with one attached hydrogen (secondary N) is 2. The molecule has 1 amide bonds. The molecule has 9 heteroatoms. The molecule has 0 aliphatic heterocycles. The first-order valence-electron chi connectivity index (χ1n) is 10.1. The van der Waals surface area contributed by atoms with Crippen LogP contribution in [0.5, 0.6) is 5.75 Å². The molecule has 0 heterocycles. The first kappa shape index (κ1) is 24.7. The highest BCUT2D eigenvalue weighted by Gasteiger charge is 2.29. The predicted octanol–water partition coefficient (Wildman–Crippen LogP) is 4.25. The van der Waals surface area contributed by atoms with Crippen molar-refractivity contribution in [3.8, 4) is 5.75 Å². The SMILES string of the molecule is COc1ccc(Cl)cc1S(=O)(=O)N[C@H](Cc1ccccc1)C(=O)N[C@H](C)c1ccc(F)cc1. The summed E-state index contributed by atoms with van der Waals surface area (Å²) >= 11 is 6.00. The van der Waals surface area contributed by atoms with Crippen molar-refractivity contribution < 1.29 is 22.3 Å². The van der Waals surface area contributed by atoms with Crippen molar-refractivity contribution in [2.24, 2.45) is 0 Å². The lowest BCUT2D eigenvalue weighted by molar-refractivity contribution is -0.123. The van der Waals surface area contributed by atoms with Crippen LogP contribution >= 0.6 is 11.6 Å². The summed E-state index contributed by atoms with van der Waals surface area (Å²) in [5.41, 5.74) is 1.45. The number of hydrogen-bond donors (Lipinski definition) is 2. The zero-order valence-electron chi connectivity index (χ0n) is 18.1. The van der Waals surface area contributed by atoms with Gasteiger partial charge in [-0.05, 0) is 54.8 Å². The fraction of sp³-hybridized carbons (Fsp3) is 0.208. The Hall–Kier alpha value is -2.94. The molecule has 0 saturated carbocycles. The summed E-state index contributed by atoms with van der Waals surface area (Å²) in [6.45, 7) is 1.74. The summed E-state index contributed by atoms with van der Waals surface area (Å²) in [6.07, 6.45) is 0.116. The molecular weight excluding hydrogens is 467 g/mol. The molecule has 0 saturated heterocycles. The van der Waals surface area contributed by atoms with Gasteiger partial charge in [0.05, 0.1) is 13.2 Å². The molecule has 0 bridgehead atoms. The Kier molecular flexibility index (Phi) is 8.07. The van der Waals surface area contributed by atoms with E-state index in [-0.39, 0.29) is 27.9 Å². The number of rotatable bonds is 9. The molecule has 33 heavy (non-hydrogen) atoms. The quantitative estimate of drug-likeness (QED) is 0.469. The van der Waals surface area contributed by atoms with E-state index in [1.165, 1.54) is 37.4 Å². The van der Waals surface area contributed by atoms with Crippen LogP contribution in [0.1, 0.15) is 24.1 Å². The fourth-order valence-corrected chi connectivity index (χ4v) is 4.92. The van der Waals surface area contributed by atoms with Crippen LogP contribution in [0.25, 0.3) is 0 Å². The molecule has 3 aromatic rings. The standard InChI is InChI=1S/C24H24ClFN2O4S/c1-16(18-8-11-20(26)12-9-18)27-24(29)21(14-17-6-4-3-5-7-17)28-33(30,31)23-15-19(25)10-13-22(23)32-2/h3-13,15-16,21,28H,14H2,1-2H3,(H,27,29)/t16-,21-/m1/s1. The Morgan fingerprint density at radius 1 is 1.06 bits per heavy atom. The van der Waals surface area contributed by atoms with Crippen LogP contribution in [0.3, 0.4) is 0 Å². The maximum atomic E-state index is 13.2. The molecule has 0 fully saturated rings. The maximum absolute atomic E-state index is 13.2. The molecule has 0 aromatic heterocycles. The molecule has 174 valence electrons. The van der Waals surface area contributed by atoms with Gasteiger partial charge in [-0.3, -0.25) is 4.79 Å². The van der Waals surface area contributed by atoms with E-state index in [2.05, 4.69) is 10.0 Å². The summed E-state index contributed by atoms with van der Waals surface area (Å²) in [5.74, 6) is -0.812. The zero-order chi connectivity index (χ0) is 24.0. The summed E-state index contributed by atoms with van der Waals surface area (Å²) in [6, 6.07) is 17.4. The van der Waals surface area contributed by atoms with Gasteiger partial charge in [-0.2, -0.15) is 4.72 Å². The van der Waals surface area contributed by atoms with Crippen LogP contribution in [0.2, 0.25) is 5.02 Å². The number of benzene rings is 3. The van der Waals surface area contributed by atoms with Crippen molar-refractivity contribution in [2.75, 3.05) is 7.11 Å². The number of hydrogen-bond acceptors (Lipinski definition) is 4. The zero-order valence-corrected chi connectivity index (χ0v) is 19.7. The van der Waals surface area contributed by atoms with E-state index in [4.69, 9.17) is 16.3 Å². The lowest BCUT2D eigenvalue weighted by Gasteiger charge is -2.22. The number of sulfonamides is 1. The Labute approximate surface area is 197 Å². The Balaban J connectivity index is 1.88. The molecule has 0 aliphatic rings. The monoisotopic (exact) mass is 490 g/mol. The van der Waals surface area contributed by atoms with Crippen molar-refractivity contribution in [3.63, 3.8) is 0 Å². The maximum Gasteiger partial charge on any atom is 0.245 e. The van der Waals surface area contributed by atoms with Crippen molar-refractivity contribution in [3.05, 3.63) is 94.8 Å². The van der Waals surface area contributed by atoms with E-state index >= 15 is 0 Å². The van der Waals surface area contributed by atoms with E-state index in [1.807, 2.05) is 6.07 Å². The lowest BCUT2D eigenvalue weighted by atomic mass is 10.0. The second-order valence-electron chi connectivity index (χ2n) is 7.44. The molecule has 0 aliphatic carbocycles. The van der Waals surface area contributed by atoms with Crippen LogP contribution in [-0.2, 0) is 21.2 Å². The Morgan fingerprint density at radius 2 is 1.73 bits per heavy atom. The molecule has 3 aromatic carbocycles. The number of ether oxygens (including phenoxy) is 1. The second kappa shape index (κ2) is 10.8. The third-order valence-corrected chi connectivity index (χ3v) is 6.77. The van der Waals surface area contributed by atoms with Gasteiger partial charge in [0.15, 0.2) is 0 Å². The second-order valence-corrected chi connectivity index (χ2v) is 9.56. The first-order valence-corrected chi connectivity index (χ1v) is 12.0. The van der Waals surface area contributed by atoms with Crippen molar-refractivity contribution in [1.82, 2.24) is 10.0 Å². The molecule has 0 radical (unpaired) electrons. The summed E-state index contributed by atoms with van der Waals surface area (Å²) in [4.78, 5) is 13.0. The van der Waals surface area contributed by atoms with Gasteiger partial charge in [0, 0.05) is 5.02 Å². The number of methoxy groups -OCH3 is 1. The lowest BCUT2D eigenvalue weighted by Crippen LogP contribution is -2.48. The normalized spacial score (nSPS) is 13.2. The van der Waals surface area contributed by atoms with Crippen LogP contribution in [-0.4, -0.2) is 27.5 Å². The molecule has 2 atom stereocenters. The van der Waals surface area contributed by atoms with Gasteiger partial charge < -0.3 is 10.1 Å². The topological polar surface area (TPSA) is 84.5 Å². The van der Waals surface area contributed by atoms with Gasteiger partial charge in [0.1, 0.15) is 22.5 Å². The Morgan fingerprint density at radius 3 is 2.36 bits per heavy atom. The highest BCUT2D eigenvalue weighted by Crippen LogP contribution is 2.27. The smallest absolute Gasteiger partial charge is 0.245 e. The highest BCUT2D eigenvalue weighted by atomic mass is 35.5. The van der Waals surface area contributed by atoms with E-state index in [0.29, 0.717) is 5.56 Å². The molecular formula is C24H24ClFN2O4S. The fourth-order valence-electron chi connectivity index (χ4n) is 3.30. The van der Waals surface area contributed by atoms with E-state index in [9.17, 15) is 17.6 Å². The predicted molar refractivity (Wildman–Crippen MR) is 125 cm³/mol. The van der Waals surface area contributed by atoms with Gasteiger partial charge in [0.2, 0.25) is 15.9 Å². The molecule has 0 spiro atoms. The molecule has 2 N–H and O–H groups in total. The summed E-state index contributed by atoms with van der Waals surface area (Å²) in [5, 5.41) is 3.02. The van der Waals surface area contributed by atoms with Gasteiger partial charge in [-0.25, -0.2) is 12.8 Å². The first-order chi connectivity index (χ1) is 15.7. The number of amides is 1. The minimum atomic E-state index is -4.17. The van der Waals surface area contributed by atoms with Gasteiger partial charge in [-0.1, -0.05) is 54.1 Å². The van der Waals surface area contributed by atoms with E-state index in [1.54, 1.807) is 43.3 Å². The van der Waals surface area contributed by atoms with Gasteiger partial charge >= 0.3 is 0 Å². The van der Waals surface area contributed by atoms with Crippen LogP contribution < -0.4 is 14.8 Å². The minimum Gasteiger partial charge on any atom is -0.495 e. The minimum absolute atomic E-state index is 0.102. The van der Waals surface area contributed by atoms with E-state index < -0.39 is 28.0 Å². The summed E-state index contributed by atoms with van der Waals surface area (Å²) < 4.78 is 47.3. The highest BCUT2D eigenvalue weighted by molar-refractivity contribution is 7.89. The Bertz CT molecular complexity index is 1200. The largest absolute Gasteiger partial charge is 0.495 e. The average molecular weight is 491 g/mol. The van der Waals surface area contributed by atoms with E-state index in [0.717, 1.165) is 5.56 Å². The average Bonchev–Trinajstić information content (AvgIpc) is 2.79. The number of carbonyl (C=O) groups excluding carboxylic acids is 1. The number of halogens is 2. The van der Waals surface area contributed by atoms with Crippen LogP contribution in [0.15, 0.2) is 77.7 Å². The van der Waals surface area contributed by atoms with Gasteiger partial charge in [-0.15, -0.1) is 0 Å². The molecule has 3 rings (SSSR count). The van der Waals surface area contributed by atoms with Crippen LogP contribution in [0, 0.1) is 5.82 Å². The van der Waals surface area contributed by atoms with Crippen LogP contribution in [0.4, 0.5) is 4.39 Å². The third-order valence-electron chi connectivity index (χ3n) is 5.04. The molecule has 0 unspecified atom stereocenters. The number of carbonyl (C=O) groups is 1. The van der Waals surface area contributed by atoms with Crippen molar-refractivity contribution >= 4 is 27.5 Å². The molecule has 6 nitrogen and oxygen atoms in total. The summed E-state index contributed by atoms with van der Waals surface area (Å²) in [7, 11) is -2.82. The van der Waals surface area contributed by atoms with Crippen molar-refractivity contribution in [2.45, 2.75) is 30.3 Å². The van der Waals surface area contributed by atoms with Gasteiger partial charge in [0.25, 0.3) is 0 Å². The van der Waals surface area contributed by atoms with Crippen molar-refractivity contribution in [1.29, 1.82) is 0 Å². The third kappa shape index (κ3) is 6.54.